The van der Waals surface area contributed by atoms with Gasteiger partial charge >= 0.3 is 0 Å². The molecule has 0 bridgehead atoms. The Morgan fingerprint density at radius 1 is 1.12 bits per heavy atom. The third-order valence-electron chi connectivity index (χ3n) is 6.04. The highest BCUT2D eigenvalue weighted by Crippen LogP contribution is 2.27. The summed E-state index contributed by atoms with van der Waals surface area (Å²) in [6, 6.07) is 0.307. The Morgan fingerprint density at radius 3 is 2.58 bits per heavy atom. The van der Waals surface area contributed by atoms with Crippen LogP contribution in [0.1, 0.15) is 64.2 Å². The molecule has 1 aliphatic heterocycles. The molecule has 2 aliphatic carbocycles. The van der Waals surface area contributed by atoms with E-state index in [0.29, 0.717) is 18.1 Å². The van der Waals surface area contributed by atoms with Gasteiger partial charge in [-0.05, 0) is 38.5 Å². The van der Waals surface area contributed by atoms with Crippen molar-refractivity contribution in [2.45, 2.75) is 76.4 Å². The number of nitrogens with one attached hydrogen (secondary N) is 2. The molecule has 0 aromatic carbocycles. The second kappa shape index (κ2) is 10.1. The first-order chi connectivity index (χ1) is 12.8. The van der Waals surface area contributed by atoms with Crippen molar-refractivity contribution in [3.8, 4) is 0 Å². The lowest BCUT2D eigenvalue weighted by Gasteiger charge is -2.21. The lowest BCUT2D eigenvalue weighted by Crippen LogP contribution is -2.45. The first kappa shape index (κ1) is 19.5. The Hall–Kier alpha value is -1.30. The molecule has 0 radical (unpaired) electrons. The fourth-order valence-corrected chi connectivity index (χ4v) is 4.48. The summed E-state index contributed by atoms with van der Waals surface area (Å²) < 4.78 is 5.90. The molecule has 1 saturated heterocycles. The van der Waals surface area contributed by atoms with Crippen LogP contribution in [0.15, 0.2) is 4.99 Å². The van der Waals surface area contributed by atoms with Crippen molar-refractivity contribution < 1.29 is 9.53 Å². The Labute approximate surface area is 158 Å². The van der Waals surface area contributed by atoms with Gasteiger partial charge in [-0.2, -0.15) is 0 Å². The summed E-state index contributed by atoms with van der Waals surface area (Å²) in [5.41, 5.74) is 0. The SMILES string of the molecule is CN=C(NCCCOC1CCCC1)NC1CCN(C(=O)C2CCCC2)C1. The summed E-state index contributed by atoms with van der Waals surface area (Å²) in [6.45, 7) is 3.37. The van der Waals surface area contributed by atoms with E-state index in [1.54, 1.807) is 7.05 Å². The van der Waals surface area contributed by atoms with Crippen LogP contribution >= 0.6 is 0 Å². The van der Waals surface area contributed by atoms with Crippen molar-refractivity contribution in [1.82, 2.24) is 15.5 Å². The first-order valence-corrected chi connectivity index (χ1v) is 10.6. The lowest BCUT2D eigenvalue weighted by atomic mass is 10.1. The number of rotatable bonds is 7. The second-order valence-electron chi connectivity index (χ2n) is 8.03. The topological polar surface area (TPSA) is 66.0 Å². The maximum absolute atomic E-state index is 12.5. The van der Waals surface area contributed by atoms with Crippen LogP contribution in [0.2, 0.25) is 0 Å². The molecular formula is C20H36N4O2. The quantitative estimate of drug-likeness (QED) is 0.413. The predicted molar refractivity (Wildman–Crippen MR) is 104 cm³/mol. The third-order valence-corrected chi connectivity index (χ3v) is 6.04. The van der Waals surface area contributed by atoms with Crippen LogP contribution in [0.25, 0.3) is 0 Å². The molecule has 2 N–H and O–H groups in total. The molecule has 1 heterocycles. The molecular weight excluding hydrogens is 328 g/mol. The van der Waals surface area contributed by atoms with Crippen LogP contribution in [-0.4, -0.2) is 62.2 Å². The van der Waals surface area contributed by atoms with Gasteiger partial charge in [-0.15, -0.1) is 0 Å². The molecule has 6 nitrogen and oxygen atoms in total. The summed E-state index contributed by atoms with van der Waals surface area (Å²) >= 11 is 0. The summed E-state index contributed by atoms with van der Waals surface area (Å²) in [7, 11) is 1.81. The van der Waals surface area contributed by atoms with E-state index in [-0.39, 0.29) is 5.92 Å². The molecule has 0 spiro atoms. The zero-order chi connectivity index (χ0) is 18.2. The minimum atomic E-state index is 0.283. The second-order valence-corrected chi connectivity index (χ2v) is 8.03. The number of nitrogens with zero attached hydrogens (tertiary/aromatic N) is 2. The van der Waals surface area contributed by atoms with Gasteiger partial charge in [0.2, 0.25) is 5.91 Å². The van der Waals surface area contributed by atoms with E-state index in [2.05, 4.69) is 20.5 Å². The number of carbonyl (C=O) groups excluding carboxylic acids is 1. The van der Waals surface area contributed by atoms with E-state index in [0.717, 1.165) is 57.9 Å². The number of ether oxygens (including phenoxy) is 1. The van der Waals surface area contributed by atoms with Crippen molar-refractivity contribution >= 4 is 11.9 Å². The largest absolute Gasteiger partial charge is 0.378 e. The van der Waals surface area contributed by atoms with Crippen LogP contribution in [0, 0.1) is 5.92 Å². The molecule has 148 valence electrons. The van der Waals surface area contributed by atoms with Gasteiger partial charge in [-0.25, -0.2) is 0 Å². The molecule has 0 aromatic heterocycles. The minimum absolute atomic E-state index is 0.283. The number of aliphatic imine (C=N–C) groups is 1. The summed E-state index contributed by atoms with van der Waals surface area (Å²) in [5, 5.41) is 6.85. The monoisotopic (exact) mass is 364 g/mol. The van der Waals surface area contributed by atoms with Gasteiger partial charge in [0.05, 0.1) is 6.10 Å². The number of amides is 1. The normalized spacial score (nSPS) is 25.2. The fraction of sp³-hybridized carbons (Fsp3) is 0.900. The van der Waals surface area contributed by atoms with Crippen molar-refractivity contribution in [2.24, 2.45) is 10.9 Å². The Balaban J connectivity index is 1.30. The molecule has 3 fully saturated rings. The number of guanidine groups is 1. The van der Waals surface area contributed by atoms with Gasteiger partial charge in [0.15, 0.2) is 5.96 Å². The summed E-state index contributed by atoms with van der Waals surface area (Å²) in [6.07, 6.45) is 12.2. The van der Waals surface area contributed by atoms with Gasteiger partial charge in [-0.1, -0.05) is 25.7 Å². The van der Waals surface area contributed by atoms with Crippen LogP contribution in [-0.2, 0) is 9.53 Å². The summed E-state index contributed by atoms with van der Waals surface area (Å²) in [4.78, 5) is 18.9. The highest BCUT2D eigenvalue weighted by molar-refractivity contribution is 5.81. The van der Waals surface area contributed by atoms with Gasteiger partial charge < -0.3 is 20.3 Å². The minimum Gasteiger partial charge on any atom is -0.378 e. The molecule has 0 aromatic rings. The number of likely N-dealkylation sites (tertiary alicyclic amines) is 1. The van der Waals surface area contributed by atoms with E-state index >= 15 is 0 Å². The number of hydrogen-bond donors (Lipinski definition) is 2. The highest BCUT2D eigenvalue weighted by Gasteiger charge is 2.32. The smallest absolute Gasteiger partial charge is 0.225 e. The van der Waals surface area contributed by atoms with Gasteiger partial charge in [-0.3, -0.25) is 9.79 Å². The molecule has 3 aliphatic rings. The number of carbonyl (C=O) groups is 1. The number of hydrogen-bond acceptors (Lipinski definition) is 3. The molecule has 1 amide bonds. The van der Waals surface area contributed by atoms with E-state index in [9.17, 15) is 4.79 Å². The molecule has 1 unspecified atom stereocenters. The Morgan fingerprint density at radius 2 is 1.85 bits per heavy atom. The average Bonchev–Trinajstić information content (AvgIpc) is 3.42. The summed E-state index contributed by atoms with van der Waals surface area (Å²) in [5.74, 6) is 1.50. The van der Waals surface area contributed by atoms with Crippen LogP contribution in [0.5, 0.6) is 0 Å². The highest BCUT2D eigenvalue weighted by atomic mass is 16.5. The Kier molecular flexibility index (Phi) is 7.59. The maximum atomic E-state index is 12.5. The molecule has 3 rings (SSSR count). The van der Waals surface area contributed by atoms with Gasteiger partial charge in [0, 0.05) is 45.2 Å². The van der Waals surface area contributed by atoms with Crippen molar-refractivity contribution in [1.29, 1.82) is 0 Å². The van der Waals surface area contributed by atoms with Gasteiger partial charge in [0.1, 0.15) is 0 Å². The van der Waals surface area contributed by atoms with Crippen LogP contribution in [0.4, 0.5) is 0 Å². The van der Waals surface area contributed by atoms with Crippen LogP contribution < -0.4 is 10.6 Å². The fourth-order valence-electron chi connectivity index (χ4n) is 4.48. The van der Waals surface area contributed by atoms with Crippen molar-refractivity contribution in [3.05, 3.63) is 0 Å². The van der Waals surface area contributed by atoms with Crippen LogP contribution in [0.3, 0.4) is 0 Å². The average molecular weight is 365 g/mol. The van der Waals surface area contributed by atoms with E-state index in [1.807, 2.05) is 0 Å². The van der Waals surface area contributed by atoms with Gasteiger partial charge in [0.25, 0.3) is 0 Å². The molecule has 1 atom stereocenters. The zero-order valence-corrected chi connectivity index (χ0v) is 16.3. The van der Waals surface area contributed by atoms with E-state index in [4.69, 9.17) is 4.74 Å². The first-order valence-electron chi connectivity index (χ1n) is 10.6. The third kappa shape index (κ3) is 5.60. The van der Waals surface area contributed by atoms with Crippen molar-refractivity contribution in [2.75, 3.05) is 33.3 Å². The van der Waals surface area contributed by atoms with Crippen molar-refractivity contribution in [3.63, 3.8) is 0 Å². The molecule has 26 heavy (non-hydrogen) atoms. The zero-order valence-electron chi connectivity index (χ0n) is 16.3. The maximum Gasteiger partial charge on any atom is 0.225 e. The Bertz CT molecular complexity index is 470. The molecule has 2 saturated carbocycles. The lowest BCUT2D eigenvalue weighted by molar-refractivity contribution is -0.134. The molecule has 6 heteroatoms. The van der Waals surface area contributed by atoms with E-state index < -0.39 is 0 Å². The standard InChI is InChI=1S/C20H36N4O2/c1-21-20(22-12-6-14-26-18-9-4-5-10-18)23-17-11-13-24(15-17)19(25)16-7-2-3-8-16/h16-18H,2-15H2,1H3,(H2,21,22,23). The van der Waals surface area contributed by atoms with E-state index in [1.165, 1.54) is 38.5 Å². The predicted octanol–water partition coefficient (Wildman–Crippen LogP) is 2.29.